The molecule has 2 heterocycles. The van der Waals surface area contributed by atoms with Crippen molar-refractivity contribution in [3.63, 3.8) is 0 Å². The summed E-state index contributed by atoms with van der Waals surface area (Å²) < 4.78 is 0. The minimum atomic E-state index is 0.666. The Morgan fingerprint density at radius 1 is 1.29 bits per heavy atom. The maximum Gasteiger partial charge on any atom is 0.0746 e. The lowest BCUT2D eigenvalue weighted by Gasteiger charge is -2.25. The lowest BCUT2D eigenvalue weighted by Crippen LogP contribution is -2.37. The molecule has 0 saturated carbocycles. The minimum absolute atomic E-state index is 0.666. The van der Waals surface area contributed by atoms with Gasteiger partial charge in [0.25, 0.3) is 0 Å². The average Bonchev–Trinajstić information content (AvgIpc) is 3.01. The molecule has 1 saturated heterocycles. The molecule has 0 radical (unpaired) electrons. The number of hydrogen-bond acceptors (Lipinski definition) is 3. The van der Waals surface area contributed by atoms with E-state index in [-0.39, 0.29) is 0 Å². The van der Waals surface area contributed by atoms with Crippen LogP contribution in [0.4, 0.5) is 0 Å². The van der Waals surface area contributed by atoms with Crippen LogP contribution in [-0.2, 0) is 6.54 Å². The van der Waals surface area contributed by atoms with Crippen molar-refractivity contribution in [3.05, 3.63) is 42.1 Å². The van der Waals surface area contributed by atoms with Crippen LogP contribution in [-0.4, -0.2) is 35.6 Å². The molecule has 1 N–H and O–H groups in total. The molecule has 1 unspecified atom stereocenters. The van der Waals surface area contributed by atoms with Gasteiger partial charge in [-0.2, -0.15) is 0 Å². The van der Waals surface area contributed by atoms with Gasteiger partial charge in [-0.25, -0.2) is 0 Å². The van der Waals surface area contributed by atoms with E-state index in [0.717, 1.165) is 25.2 Å². The van der Waals surface area contributed by atoms with Gasteiger partial charge < -0.3 is 5.32 Å². The summed E-state index contributed by atoms with van der Waals surface area (Å²) in [5.74, 6) is 0. The van der Waals surface area contributed by atoms with Gasteiger partial charge in [0.1, 0.15) is 0 Å². The monoisotopic (exact) mass is 283 g/mol. The number of para-hydroxylation sites is 1. The highest BCUT2D eigenvalue weighted by Crippen LogP contribution is 2.18. The third kappa shape index (κ3) is 3.60. The molecule has 0 spiro atoms. The molecule has 1 aromatic heterocycles. The summed E-state index contributed by atoms with van der Waals surface area (Å²) in [4.78, 5) is 7.16. The largest absolute Gasteiger partial charge is 0.313 e. The van der Waals surface area contributed by atoms with Crippen LogP contribution >= 0.6 is 0 Å². The van der Waals surface area contributed by atoms with Crippen LogP contribution in [0.25, 0.3) is 10.9 Å². The average molecular weight is 283 g/mol. The van der Waals surface area contributed by atoms with Gasteiger partial charge in [-0.15, -0.1) is 0 Å². The number of hydrogen-bond donors (Lipinski definition) is 1. The molecule has 21 heavy (non-hydrogen) atoms. The number of fused-ring (bicyclic) bond motifs is 1. The highest BCUT2D eigenvalue weighted by molar-refractivity contribution is 5.81. The quantitative estimate of drug-likeness (QED) is 0.882. The van der Waals surface area contributed by atoms with E-state index in [4.69, 9.17) is 0 Å². The van der Waals surface area contributed by atoms with Crippen molar-refractivity contribution < 1.29 is 0 Å². The number of rotatable bonds is 6. The van der Waals surface area contributed by atoms with Crippen LogP contribution in [0.15, 0.2) is 36.5 Å². The first-order chi connectivity index (χ1) is 10.4. The first kappa shape index (κ1) is 14.5. The Kier molecular flexibility index (Phi) is 4.84. The highest BCUT2D eigenvalue weighted by atomic mass is 15.2. The van der Waals surface area contributed by atoms with E-state index in [9.17, 15) is 0 Å². The highest BCUT2D eigenvalue weighted by Gasteiger charge is 2.18. The van der Waals surface area contributed by atoms with Gasteiger partial charge >= 0.3 is 0 Å². The molecule has 2 aromatic rings. The van der Waals surface area contributed by atoms with E-state index in [1.165, 1.54) is 36.8 Å². The zero-order valence-electron chi connectivity index (χ0n) is 12.9. The molecule has 1 aliphatic rings. The molecule has 1 atom stereocenters. The number of benzene rings is 1. The summed E-state index contributed by atoms with van der Waals surface area (Å²) in [7, 11) is 0. The maximum atomic E-state index is 4.58. The van der Waals surface area contributed by atoms with Crippen LogP contribution in [0.3, 0.4) is 0 Å². The van der Waals surface area contributed by atoms with Crippen LogP contribution in [0.5, 0.6) is 0 Å². The fraction of sp³-hybridized carbons (Fsp3) is 0.500. The maximum absolute atomic E-state index is 4.58. The molecule has 1 aliphatic heterocycles. The Hall–Kier alpha value is -1.45. The minimum Gasteiger partial charge on any atom is -0.313 e. The second kappa shape index (κ2) is 7.01. The molecule has 1 aromatic carbocycles. The molecular weight excluding hydrogens is 258 g/mol. The fourth-order valence-electron chi connectivity index (χ4n) is 3.31. The van der Waals surface area contributed by atoms with E-state index >= 15 is 0 Å². The van der Waals surface area contributed by atoms with E-state index in [1.807, 2.05) is 12.3 Å². The first-order valence-electron chi connectivity index (χ1n) is 8.15. The topological polar surface area (TPSA) is 28.2 Å². The van der Waals surface area contributed by atoms with Crippen molar-refractivity contribution in [2.45, 2.75) is 38.8 Å². The van der Waals surface area contributed by atoms with Gasteiger partial charge in [-0.05, 0) is 44.0 Å². The summed E-state index contributed by atoms with van der Waals surface area (Å²) in [5.41, 5.74) is 2.50. The molecule has 0 amide bonds. The Balaban J connectivity index is 1.76. The van der Waals surface area contributed by atoms with Crippen molar-refractivity contribution in [2.24, 2.45) is 0 Å². The Bertz CT molecular complexity index is 570. The van der Waals surface area contributed by atoms with Crippen molar-refractivity contribution >= 4 is 10.9 Å². The van der Waals surface area contributed by atoms with Crippen molar-refractivity contribution in [2.75, 3.05) is 19.6 Å². The first-order valence-corrected chi connectivity index (χ1v) is 8.15. The SMILES string of the molecule is CCCN(Cc1cccc2cccnc12)CC1CCCN1. The predicted molar refractivity (Wildman–Crippen MR) is 88.3 cm³/mol. The molecule has 3 rings (SSSR count). The molecular formula is C18H25N3. The summed E-state index contributed by atoms with van der Waals surface area (Å²) in [6.07, 6.45) is 5.73. The predicted octanol–water partition coefficient (Wildman–Crippen LogP) is 3.20. The normalized spacial score (nSPS) is 18.7. The van der Waals surface area contributed by atoms with Gasteiger partial charge in [0.15, 0.2) is 0 Å². The van der Waals surface area contributed by atoms with Crippen LogP contribution in [0, 0.1) is 0 Å². The van der Waals surface area contributed by atoms with Gasteiger partial charge in [-0.1, -0.05) is 31.2 Å². The summed E-state index contributed by atoms with van der Waals surface area (Å²) in [5, 5.41) is 4.85. The smallest absolute Gasteiger partial charge is 0.0746 e. The van der Waals surface area contributed by atoms with Crippen molar-refractivity contribution in [3.8, 4) is 0 Å². The third-order valence-electron chi connectivity index (χ3n) is 4.29. The molecule has 1 fully saturated rings. The lowest BCUT2D eigenvalue weighted by molar-refractivity contribution is 0.242. The molecule has 3 nitrogen and oxygen atoms in total. The van der Waals surface area contributed by atoms with Gasteiger partial charge in [0, 0.05) is 30.7 Å². The van der Waals surface area contributed by atoms with Crippen LogP contribution in [0.1, 0.15) is 31.7 Å². The molecule has 112 valence electrons. The Morgan fingerprint density at radius 3 is 3.00 bits per heavy atom. The van der Waals surface area contributed by atoms with Crippen molar-refractivity contribution in [1.82, 2.24) is 15.2 Å². The molecule has 0 aliphatic carbocycles. The van der Waals surface area contributed by atoms with Gasteiger partial charge in [-0.3, -0.25) is 9.88 Å². The number of pyridine rings is 1. The number of aromatic nitrogens is 1. The number of nitrogens with zero attached hydrogens (tertiary/aromatic N) is 2. The second-order valence-electron chi connectivity index (χ2n) is 6.02. The standard InChI is InChI=1S/C18H25N3/c1-2-12-21(14-17-9-5-10-19-17)13-16-7-3-6-15-8-4-11-20-18(15)16/h3-4,6-8,11,17,19H,2,5,9-10,12-14H2,1H3. The van der Waals surface area contributed by atoms with E-state index in [0.29, 0.717) is 6.04 Å². The fourth-order valence-corrected chi connectivity index (χ4v) is 3.31. The Labute approximate surface area is 127 Å². The Morgan fingerprint density at radius 2 is 2.19 bits per heavy atom. The van der Waals surface area contributed by atoms with Gasteiger partial charge in [0.05, 0.1) is 5.52 Å². The molecule has 3 heteroatoms. The summed E-state index contributed by atoms with van der Waals surface area (Å²) in [6.45, 7) is 6.75. The van der Waals surface area contributed by atoms with Crippen molar-refractivity contribution in [1.29, 1.82) is 0 Å². The zero-order chi connectivity index (χ0) is 14.5. The van der Waals surface area contributed by atoms with E-state index in [1.54, 1.807) is 0 Å². The summed E-state index contributed by atoms with van der Waals surface area (Å²) in [6, 6.07) is 11.3. The third-order valence-corrected chi connectivity index (χ3v) is 4.29. The van der Waals surface area contributed by atoms with E-state index < -0.39 is 0 Å². The second-order valence-corrected chi connectivity index (χ2v) is 6.02. The summed E-state index contributed by atoms with van der Waals surface area (Å²) >= 11 is 0. The van der Waals surface area contributed by atoms with Crippen LogP contribution in [0.2, 0.25) is 0 Å². The van der Waals surface area contributed by atoms with Crippen LogP contribution < -0.4 is 5.32 Å². The van der Waals surface area contributed by atoms with E-state index in [2.05, 4.69) is 46.4 Å². The molecule has 0 bridgehead atoms. The zero-order valence-corrected chi connectivity index (χ0v) is 12.9. The lowest BCUT2D eigenvalue weighted by atomic mass is 10.1. The number of nitrogens with one attached hydrogen (secondary N) is 1. The van der Waals surface area contributed by atoms with Gasteiger partial charge in [0.2, 0.25) is 0 Å².